The van der Waals surface area contributed by atoms with Crippen LogP contribution >= 0.6 is 24.0 Å². The van der Waals surface area contributed by atoms with Crippen LogP contribution in [0.15, 0.2) is 4.99 Å². The van der Waals surface area contributed by atoms with Gasteiger partial charge in [0.25, 0.3) is 0 Å². The zero-order chi connectivity index (χ0) is 21.9. The van der Waals surface area contributed by atoms with Crippen molar-refractivity contribution in [3.8, 4) is 0 Å². The molecule has 10 nitrogen and oxygen atoms in total. The van der Waals surface area contributed by atoms with Crippen LogP contribution < -0.4 is 21.3 Å². The summed E-state index contributed by atoms with van der Waals surface area (Å²) in [6.45, 7) is 9.36. The van der Waals surface area contributed by atoms with Crippen LogP contribution in [0.2, 0.25) is 0 Å². The average molecular weight is 561 g/mol. The molecule has 1 fully saturated rings. The lowest BCUT2D eigenvalue weighted by Gasteiger charge is -2.19. The van der Waals surface area contributed by atoms with E-state index in [1.165, 1.54) is 0 Å². The van der Waals surface area contributed by atoms with E-state index >= 15 is 0 Å². The van der Waals surface area contributed by atoms with Crippen molar-refractivity contribution >= 4 is 51.8 Å². The molecule has 0 aromatic carbocycles. The van der Waals surface area contributed by atoms with E-state index in [1.807, 2.05) is 6.92 Å². The number of rotatable bonds is 9. The Balaban J connectivity index is 0.00000841. The van der Waals surface area contributed by atoms with Crippen molar-refractivity contribution in [1.29, 1.82) is 0 Å². The number of carbonyl (C=O) groups is 2. The lowest BCUT2D eigenvalue weighted by Crippen LogP contribution is -2.41. The van der Waals surface area contributed by atoms with Crippen LogP contribution in [0.3, 0.4) is 0 Å². The van der Waals surface area contributed by atoms with Crippen molar-refractivity contribution in [3.63, 3.8) is 0 Å². The highest BCUT2D eigenvalue weighted by atomic mass is 127. The molecule has 0 bridgehead atoms. The molecule has 4 N–H and O–H groups in total. The number of guanidine groups is 1. The number of carbonyl (C=O) groups excluding carboxylic acids is 2. The summed E-state index contributed by atoms with van der Waals surface area (Å²) in [5.74, 6) is 0.557. The van der Waals surface area contributed by atoms with E-state index in [0.29, 0.717) is 45.0 Å². The molecule has 1 rings (SSSR count). The first kappa shape index (κ1) is 28.7. The number of nitrogens with one attached hydrogen (secondary N) is 4. The smallest absolute Gasteiger partial charge is 0.407 e. The van der Waals surface area contributed by atoms with E-state index in [1.54, 1.807) is 20.8 Å². The molecule has 1 aliphatic heterocycles. The number of halogens is 1. The maximum absolute atomic E-state index is 12.0. The Morgan fingerprint density at radius 1 is 1.13 bits per heavy atom. The molecule has 176 valence electrons. The molecule has 1 unspecified atom stereocenters. The molecule has 12 heteroatoms. The summed E-state index contributed by atoms with van der Waals surface area (Å²) in [6.07, 6.45) is 0.892. The second-order valence-electron chi connectivity index (χ2n) is 7.89. The van der Waals surface area contributed by atoms with Crippen LogP contribution in [-0.4, -0.2) is 75.7 Å². The van der Waals surface area contributed by atoms with E-state index in [-0.39, 0.29) is 53.9 Å². The normalized spacial score (nSPS) is 18.1. The molecular weight excluding hydrogens is 525 g/mol. The van der Waals surface area contributed by atoms with E-state index < -0.39 is 21.5 Å². The standard InChI is InChI=1S/C18H35N5O5S.HI/c1-5-19-16(20-9-6-10-22-17(25)28-18(2,3)4)21-11-7-15(24)23-14-8-12-29(26,27)13-14;/h14H,5-13H2,1-4H3,(H,22,25)(H,23,24)(H2,19,20,21);1H. The zero-order valence-corrected chi connectivity index (χ0v) is 21.4. The van der Waals surface area contributed by atoms with Gasteiger partial charge in [-0.1, -0.05) is 0 Å². The van der Waals surface area contributed by atoms with Gasteiger partial charge in [-0.3, -0.25) is 9.79 Å². The number of hydrogen-bond acceptors (Lipinski definition) is 6. The summed E-state index contributed by atoms with van der Waals surface area (Å²) in [4.78, 5) is 27.9. The van der Waals surface area contributed by atoms with E-state index in [4.69, 9.17) is 4.74 Å². The van der Waals surface area contributed by atoms with Gasteiger partial charge in [-0.15, -0.1) is 24.0 Å². The first-order chi connectivity index (χ1) is 13.5. The van der Waals surface area contributed by atoms with Gasteiger partial charge in [-0.2, -0.15) is 0 Å². The van der Waals surface area contributed by atoms with Crippen LogP contribution in [0.25, 0.3) is 0 Å². The number of aliphatic imine (C=N–C) groups is 1. The Morgan fingerprint density at radius 2 is 1.83 bits per heavy atom. The Labute approximate surface area is 196 Å². The van der Waals surface area contributed by atoms with Crippen molar-refractivity contribution in [1.82, 2.24) is 21.3 Å². The van der Waals surface area contributed by atoms with Crippen molar-refractivity contribution in [3.05, 3.63) is 0 Å². The molecule has 1 aliphatic rings. The van der Waals surface area contributed by atoms with Gasteiger partial charge in [-0.25, -0.2) is 13.2 Å². The third-order valence-electron chi connectivity index (χ3n) is 3.86. The summed E-state index contributed by atoms with van der Waals surface area (Å²) in [5, 5.41) is 11.6. The molecule has 0 spiro atoms. The molecule has 1 heterocycles. The number of amides is 2. The summed E-state index contributed by atoms with van der Waals surface area (Å²) in [6, 6.07) is -0.285. The number of ether oxygens (including phenoxy) is 1. The Kier molecular flexibility index (Phi) is 13.3. The minimum absolute atomic E-state index is 0. The quantitative estimate of drug-likeness (QED) is 0.141. The van der Waals surface area contributed by atoms with Crippen molar-refractivity contribution in [2.24, 2.45) is 4.99 Å². The number of sulfone groups is 1. The van der Waals surface area contributed by atoms with Gasteiger partial charge >= 0.3 is 6.09 Å². The van der Waals surface area contributed by atoms with Crippen LogP contribution in [0.4, 0.5) is 4.79 Å². The van der Waals surface area contributed by atoms with Gasteiger partial charge in [0.05, 0.1) is 11.5 Å². The summed E-state index contributed by atoms with van der Waals surface area (Å²) < 4.78 is 28.0. The monoisotopic (exact) mass is 561 g/mol. The minimum atomic E-state index is -3.01. The highest BCUT2D eigenvalue weighted by Gasteiger charge is 2.28. The first-order valence-electron chi connectivity index (χ1n) is 9.99. The van der Waals surface area contributed by atoms with Crippen LogP contribution in [0.1, 0.15) is 47.0 Å². The van der Waals surface area contributed by atoms with Crippen molar-refractivity contribution in [2.75, 3.05) is 37.7 Å². The number of hydrogen-bond donors (Lipinski definition) is 4. The summed E-state index contributed by atoms with van der Waals surface area (Å²) >= 11 is 0. The largest absolute Gasteiger partial charge is 0.444 e. The lowest BCUT2D eigenvalue weighted by molar-refractivity contribution is -0.121. The molecule has 0 aromatic heterocycles. The second kappa shape index (κ2) is 13.9. The van der Waals surface area contributed by atoms with Gasteiger partial charge in [0.1, 0.15) is 5.60 Å². The maximum atomic E-state index is 12.0. The van der Waals surface area contributed by atoms with Gasteiger partial charge in [0.15, 0.2) is 15.8 Å². The van der Waals surface area contributed by atoms with Crippen LogP contribution in [0, 0.1) is 0 Å². The highest BCUT2D eigenvalue weighted by Crippen LogP contribution is 2.11. The molecule has 1 atom stereocenters. The average Bonchev–Trinajstić information content (AvgIpc) is 2.91. The predicted octanol–water partition coefficient (Wildman–Crippen LogP) is 0.768. The topological polar surface area (TPSA) is 138 Å². The van der Waals surface area contributed by atoms with Gasteiger partial charge in [0.2, 0.25) is 5.91 Å². The minimum Gasteiger partial charge on any atom is -0.444 e. The Bertz CT molecular complexity index is 679. The second-order valence-corrected chi connectivity index (χ2v) is 10.1. The third kappa shape index (κ3) is 13.8. The zero-order valence-electron chi connectivity index (χ0n) is 18.2. The molecule has 1 saturated heterocycles. The summed E-state index contributed by atoms with van der Waals surface area (Å²) in [7, 11) is -3.01. The molecule has 0 aromatic rings. The maximum Gasteiger partial charge on any atom is 0.407 e. The third-order valence-corrected chi connectivity index (χ3v) is 5.63. The van der Waals surface area contributed by atoms with E-state index in [2.05, 4.69) is 26.3 Å². The molecule has 0 radical (unpaired) electrons. The van der Waals surface area contributed by atoms with Crippen molar-refractivity contribution in [2.45, 2.75) is 58.6 Å². The molecule has 30 heavy (non-hydrogen) atoms. The molecule has 2 amide bonds. The fourth-order valence-corrected chi connectivity index (χ4v) is 4.29. The molecule has 0 saturated carbocycles. The predicted molar refractivity (Wildman–Crippen MR) is 128 cm³/mol. The van der Waals surface area contributed by atoms with Crippen LogP contribution in [-0.2, 0) is 19.4 Å². The lowest BCUT2D eigenvalue weighted by atomic mass is 10.2. The Morgan fingerprint density at radius 3 is 2.40 bits per heavy atom. The summed E-state index contributed by atoms with van der Waals surface area (Å²) in [5.41, 5.74) is -0.525. The Hall–Kier alpha value is -1.31. The number of alkyl carbamates (subject to hydrolysis) is 1. The molecule has 0 aliphatic carbocycles. The SMILES string of the molecule is CCNC(=NCCCNC(=O)OC(C)(C)C)NCCC(=O)NC1CCS(=O)(=O)C1.I. The van der Waals surface area contributed by atoms with Gasteiger partial charge in [-0.05, 0) is 40.5 Å². The van der Waals surface area contributed by atoms with Gasteiger partial charge in [0, 0.05) is 38.6 Å². The van der Waals surface area contributed by atoms with E-state index in [0.717, 1.165) is 0 Å². The van der Waals surface area contributed by atoms with E-state index in [9.17, 15) is 18.0 Å². The fraction of sp³-hybridized carbons (Fsp3) is 0.833. The first-order valence-corrected chi connectivity index (χ1v) is 11.8. The van der Waals surface area contributed by atoms with Crippen molar-refractivity contribution < 1.29 is 22.7 Å². The molecular formula is C18H36IN5O5S. The van der Waals surface area contributed by atoms with Crippen LogP contribution in [0.5, 0.6) is 0 Å². The number of nitrogens with zero attached hydrogens (tertiary/aromatic N) is 1. The van der Waals surface area contributed by atoms with Gasteiger partial charge < -0.3 is 26.0 Å². The highest BCUT2D eigenvalue weighted by molar-refractivity contribution is 14.0. The fourth-order valence-electron chi connectivity index (χ4n) is 2.62.